The van der Waals surface area contributed by atoms with Crippen molar-refractivity contribution in [2.24, 2.45) is 5.92 Å². The second-order valence-electron chi connectivity index (χ2n) is 27.5. The van der Waals surface area contributed by atoms with E-state index in [2.05, 4.69) is 205 Å². The number of carbonyl (C=O) groups excluding carboxylic acids is 7. The number of carboxylic acid groups (broad SMARTS) is 1. The number of amides is 4. The van der Waals surface area contributed by atoms with Gasteiger partial charge in [-0.25, -0.2) is 31.1 Å². The summed E-state index contributed by atoms with van der Waals surface area (Å²) in [6.07, 6.45) is -23.7. The number of halogens is 6. The van der Waals surface area contributed by atoms with Crippen LogP contribution in [0.2, 0.25) is 0 Å². The number of hydrogen-bond acceptors (Lipinski definition) is 25. The minimum absolute atomic E-state index is 0.0166. The predicted molar refractivity (Wildman–Crippen MR) is 460 cm³/mol. The maximum Gasteiger partial charge on any atom is 0.377 e. The Morgan fingerprint density at radius 2 is 0.788 bits per heavy atom. The summed E-state index contributed by atoms with van der Waals surface area (Å²) in [5.41, 5.74) is -1.83. The standard InChI is InChI=1S/C33H4.C23H31F2NO10.C21H28F2N2O8.C19H25F2NO8/c1-3-5-7-9-11-13-15-17-19-21-23-25-27-29-31-33-32-30-28-26-24-22-20-18-16-14-12-10-8-6-4-2;1-11(28)4-3-5-18(31)26-13-6-7-17(14(8-13)21(24)25)35-23(22(33)34)9-15(29)12(2)20(36-23)19(32)16(30)10-27;1-10(27)4-3-5-16(29)25-12-6-7-14(13(8-12)20(22)23)32-21-17(24-11(2)28)19(31)18(30)15(9-26)33-21;1-9(24)3-2-4-14(25)22-10-5-6-12(11(7-10)18(20)21)29-19-17(28)16(27)15(26)13(8-23)30-19/h1H,2H3;6-8,12,15-16,19-21,27,29-30,32H,3-5,9-10H2,1-2H3,(H,26,31)(H,33,34);6-8,15,17-21,26,30-31H,3-5,9H2,1-2H3,(H,24,28)(H,25,29);5-7,13,15-19,23,26-28H,2-4,8H2,1H3,(H,22,25)/t;12-,15?,16-,19-,20?,23-;15?,17?,18-,19-,21-;13?,15-,16-,17?,19+/m.110/s1. The molecule has 690 valence electrons. The van der Waals surface area contributed by atoms with Crippen molar-refractivity contribution in [2.75, 3.05) is 35.8 Å². The molecule has 16 N–H and O–H groups in total. The molecule has 0 aromatic heterocycles. The van der Waals surface area contributed by atoms with Crippen LogP contribution in [0.4, 0.5) is 43.4 Å². The first kappa shape index (κ1) is 112. The number of nitrogens with one attached hydrogen (secondary N) is 4. The van der Waals surface area contributed by atoms with Gasteiger partial charge in [0.1, 0.15) is 95.6 Å². The second-order valence-corrected chi connectivity index (χ2v) is 27.5. The zero-order valence-electron chi connectivity index (χ0n) is 71.2. The lowest BCUT2D eigenvalue weighted by Gasteiger charge is -2.45. The topological polar surface area (TPSA) is 483 Å². The highest BCUT2D eigenvalue weighted by Gasteiger charge is 2.56. The quantitative estimate of drug-likeness (QED) is 0.0325. The van der Waals surface area contributed by atoms with Gasteiger partial charge in [-0.05, 0) is 196 Å². The molecule has 6 rings (SSSR count). The number of aliphatic hydroxyl groups is 11. The van der Waals surface area contributed by atoms with Crippen molar-refractivity contribution in [3.05, 3.63) is 71.3 Å². The van der Waals surface area contributed by atoms with E-state index >= 15 is 0 Å². The number of rotatable bonds is 31. The summed E-state index contributed by atoms with van der Waals surface area (Å²) in [4.78, 5) is 92.4. The molecule has 0 spiro atoms. The highest BCUT2D eigenvalue weighted by molar-refractivity contribution is 5.93. The van der Waals surface area contributed by atoms with Gasteiger partial charge in [0, 0.05) is 151 Å². The Bertz CT molecular complexity index is 5680. The normalized spacial score (nSPS) is 20.2. The van der Waals surface area contributed by atoms with Gasteiger partial charge in [0.25, 0.3) is 19.3 Å². The van der Waals surface area contributed by atoms with Crippen LogP contribution < -0.4 is 35.5 Å². The molecule has 0 bridgehead atoms. The van der Waals surface area contributed by atoms with Crippen molar-refractivity contribution >= 4 is 64.0 Å². The highest BCUT2D eigenvalue weighted by atomic mass is 19.3. The van der Waals surface area contributed by atoms with E-state index in [9.17, 15) is 121 Å². The predicted octanol–water partition coefficient (Wildman–Crippen LogP) is 2.82. The SMILES string of the molecule is C#CC#CC#CC#CC#CC#CC#CC#CC#CC#CC#CC#CC#CC#CC#CC#CC.CC(=O)CCCC(=O)Nc1ccc(O[C@@H]2OC(CO)[C@@H](O)[C@H](O)C2NC(C)=O)c(C(F)F)c1.CC(=O)CCCC(=O)Nc1ccc(O[C@@H]2OC(CO)[C@H](O)[C@H](O)C2O)c(C(F)F)c1.CC(=O)CCCC(=O)Nc1ccc(O[C@]2(C(=O)O)CC(O)[C@@H](C)C([C@H](O)[C@H](O)CO)O2)c(C(F)F)c1. The van der Waals surface area contributed by atoms with E-state index < -0.39 is 195 Å². The zero-order chi connectivity index (χ0) is 98.3. The van der Waals surface area contributed by atoms with Gasteiger partial charge in [0.2, 0.25) is 36.2 Å². The van der Waals surface area contributed by atoms with Crippen molar-refractivity contribution in [1.82, 2.24) is 5.32 Å². The van der Waals surface area contributed by atoms with Gasteiger partial charge in [-0.3, -0.25) is 19.2 Å². The molecule has 0 aliphatic carbocycles. The molecule has 6 unspecified atom stereocenters. The molecule has 30 nitrogen and oxygen atoms in total. The summed E-state index contributed by atoms with van der Waals surface area (Å²) in [5, 5.41) is 128. The lowest BCUT2D eigenvalue weighted by molar-refractivity contribution is -0.292. The fraction of sp³-hybridized carbons (Fsp3) is 0.396. The molecule has 3 aliphatic rings. The van der Waals surface area contributed by atoms with Crippen molar-refractivity contribution in [3.63, 3.8) is 0 Å². The molecule has 0 radical (unpaired) electrons. The number of hydrogen-bond donors (Lipinski definition) is 16. The molecule has 3 aromatic carbocycles. The summed E-state index contributed by atoms with van der Waals surface area (Å²) in [6.45, 7) is 6.16. The number of carboxylic acids is 1. The van der Waals surface area contributed by atoms with Crippen molar-refractivity contribution in [1.29, 1.82) is 0 Å². The van der Waals surface area contributed by atoms with Crippen LogP contribution in [0.3, 0.4) is 0 Å². The Kier molecular flexibility index (Phi) is 51.6. The van der Waals surface area contributed by atoms with E-state index in [1.54, 1.807) is 6.92 Å². The monoisotopic (exact) mass is 1830 g/mol. The van der Waals surface area contributed by atoms with Crippen LogP contribution in [-0.2, 0) is 52.6 Å². The maximum absolute atomic E-state index is 13.8. The smallest absolute Gasteiger partial charge is 0.377 e. The number of terminal acetylenes is 1. The molecule has 3 aliphatic heterocycles. The number of ketones is 3. The van der Waals surface area contributed by atoms with Gasteiger partial charge >= 0.3 is 11.8 Å². The summed E-state index contributed by atoms with van der Waals surface area (Å²) in [5.74, 6) is 67.9. The van der Waals surface area contributed by atoms with Crippen LogP contribution in [0.1, 0.15) is 142 Å². The summed E-state index contributed by atoms with van der Waals surface area (Å²) >= 11 is 0. The Hall–Kier alpha value is -14.6. The van der Waals surface area contributed by atoms with E-state index in [4.69, 9.17) is 40.0 Å². The van der Waals surface area contributed by atoms with Gasteiger partial charge in [0.15, 0.2) is 0 Å². The molecule has 3 saturated heterocycles. The molecular weight excluding hydrogens is 1740 g/mol. The fourth-order valence-electron chi connectivity index (χ4n) is 11.0. The van der Waals surface area contributed by atoms with E-state index in [1.807, 2.05) is 0 Å². The molecule has 16 atom stereocenters. The lowest BCUT2D eigenvalue weighted by Crippen LogP contribution is -2.65. The van der Waals surface area contributed by atoms with Crippen LogP contribution >= 0.6 is 0 Å². The van der Waals surface area contributed by atoms with Gasteiger partial charge in [0.05, 0.1) is 55.1 Å². The summed E-state index contributed by atoms with van der Waals surface area (Å²) < 4.78 is 114. The van der Waals surface area contributed by atoms with Crippen molar-refractivity contribution in [3.8, 4) is 207 Å². The Balaban J connectivity index is 0.000000454. The third-order valence-electron chi connectivity index (χ3n) is 17.4. The van der Waals surface area contributed by atoms with E-state index in [0.29, 0.717) is 12.8 Å². The average Bonchev–Trinajstić information content (AvgIpc) is 0.762. The fourth-order valence-corrected chi connectivity index (χ4v) is 11.0. The number of aliphatic carboxylic acids is 1. The molecule has 3 heterocycles. The van der Waals surface area contributed by atoms with Crippen molar-refractivity contribution < 1.29 is 154 Å². The van der Waals surface area contributed by atoms with Gasteiger partial charge in [-0.15, -0.1) is 6.42 Å². The minimum atomic E-state index is -3.16. The maximum atomic E-state index is 13.8. The number of alkyl halides is 6. The van der Waals surface area contributed by atoms with E-state index in [0.717, 1.165) is 43.3 Å². The highest BCUT2D eigenvalue weighted by Crippen LogP contribution is 2.42. The number of aliphatic hydroxyl groups excluding tert-OH is 11. The molecule has 3 aromatic rings. The largest absolute Gasteiger partial charge is 0.476 e. The number of Topliss-reactive ketones (excluding diaryl/α,β-unsaturated/α-hetero) is 3. The third-order valence-corrected chi connectivity index (χ3v) is 17.4. The van der Waals surface area contributed by atoms with E-state index in [-0.39, 0.29) is 90.9 Å². The van der Waals surface area contributed by atoms with Crippen LogP contribution in [0, 0.1) is 196 Å². The zero-order valence-corrected chi connectivity index (χ0v) is 71.2. The van der Waals surface area contributed by atoms with Crippen LogP contribution in [0.25, 0.3) is 0 Å². The van der Waals surface area contributed by atoms with Gasteiger partial charge in [-0.2, -0.15) is 0 Å². The average molecular weight is 1830 g/mol. The summed E-state index contributed by atoms with van der Waals surface area (Å²) in [6, 6.07) is 8.68. The molecule has 36 heteroatoms. The Labute approximate surface area is 757 Å². The molecule has 0 saturated carbocycles. The molecular formula is C96H88F6N4O26. The first-order valence-corrected chi connectivity index (χ1v) is 39.2. The molecule has 4 amide bonds. The second kappa shape index (κ2) is 61.0. The number of ether oxygens (including phenoxy) is 6. The minimum Gasteiger partial charge on any atom is -0.476 e. The van der Waals surface area contributed by atoms with Crippen LogP contribution in [0.15, 0.2) is 54.6 Å². The van der Waals surface area contributed by atoms with Gasteiger partial charge in [-0.1, -0.05) is 12.8 Å². The number of carbonyl (C=O) groups is 8. The third kappa shape index (κ3) is 41.2. The van der Waals surface area contributed by atoms with Gasteiger partial charge < -0.3 is 125 Å². The molecule has 132 heavy (non-hydrogen) atoms. The number of anilines is 3. The van der Waals surface area contributed by atoms with E-state index in [1.165, 1.54) is 45.9 Å². The first-order chi connectivity index (χ1) is 62.9. The first-order valence-electron chi connectivity index (χ1n) is 39.2. The Morgan fingerprint density at radius 1 is 0.462 bits per heavy atom. The number of benzene rings is 3. The van der Waals surface area contributed by atoms with Crippen LogP contribution in [0.5, 0.6) is 17.2 Å². The van der Waals surface area contributed by atoms with Crippen molar-refractivity contribution in [2.45, 2.75) is 217 Å². The Morgan fingerprint density at radius 3 is 1.11 bits per heavy atom. The summed E-state index contributed by atoms with van der Waals surface area (Å²) in [7, 11) is 0. The molecule has 3 fully saturated rings. The van der Waals surface area contributed by atoms with Crippen LogP contribution in [-0.4, -0.2) is 220 Å². The lowest BCUT2D eigenvalue weighted by atomic mass is 9.84.